The summed E-state index contributed by atoms with van der Waals surface area (Å²) in [5, 5.41) is 2.67. The van der Waals surface area contributed by atoms with E-state index in [1.807, 2.05) is 0 Å². The van der Waals surface area contributed by atoms with Gasteiger partial charge >= 0.3 is 5.69 Å². The van der Waals surface area contributed by atoms with Crippen LogP contribution in [0.25, 0.3) is 0 Å². The third-order valence-electron chi connectivity index (χ3n) is 2.48. The Labute approximate surface area is 107 Å². The van der Waals surface area contributed by atoms with Gasteiger partial charge < -0.3 is 10.3 Å². The Hall–Kier alpha value is -2.64. The molecule has 100 valence electrons. The molecule has 0 aliphatic heterocycles. The number of aromatic nitrogens is 4. The second-order valence-corrected chi connectivity index (χ2v) is 3.91. The van der Waals surface area contributed by atoms with Gasteiger partial charge in [0.2, 0.25) is 5.91 Å². The molecule has 0 fully saturated rings. The van der Waals surface area contributed by atoms with Gasteiger partial charge in [0.15, 0.2) is 0 Å². The zero-order valence-electron chi connectivity index (χ0n) is 10.0. The minimum absolute atomic E-state index is 0.126. The molecule has 0 aliphatic rings. The molecule has 1 amide bonds. The lowest BCUT2D eigenvalue weighted by Gasteiger charge is -2.05. The topological polar surface area (TPSA) is 113 Å². The predicted molar refractivity (Wildman–Crippen MR) is 66.6 cm³/mol. The van der Waals surface area contributed by atoms with Crippen LogP contribution < -0.4 is 16.6 Å². The average molecular weight is 263 g/mol. The molecule has 0 atom stereocenters. The maximum Gasteiger partial charge on any atom is 0.328 e. The van der Waals surface area contributed by atoms with E-state index in [1.165, 1.54) is 12.3 Å². The van der Waals surface area contributed by atoms with E-state index < -0.39 is 11.2 Å². The van der Waals surface area contributed by atoms with Gasteiger partial charge in [-0.15, -0.1) is 0 Å². The Morgan fingerprint density at radius 2 is 2.26 bits per heavy atom. The van der Waals surface area contributed by atoms with E-state index in [2.05, 4.69) is 20.3 Å². The Morgan fingerprint density at radius 3 is 2.95 bits per heavy atom. The van der Waals surface area contributed by atoms with Gasteiger partial charge in [0.1, 0.15) is 6.54 Å². The van der Waals surface area contributed by atoms with Crippen LogP contribution in [0.15, 0.2) is 34.4 Å². The van der Waals surface area contributed by atoms with Gasteiger partial charge in [0.25, 0.3) is 5.56 Å². The highest BCUT2D eigenvalue weighted by Gasteiger charge is 2.04. The summed E-state index contributed by atoms with van der Waals surface area (Å²) in [7, 11) is 0. The first kappa shape index (κ1) is 12.8. The Kier molecular flexibility index (Phi) is 3.91. The maximum atomic E-state index is 11.6. The largest absolute Gasteiger partial charge is 0.354 e. The number of carbonyl (C=O) groups excluding carboxylic acids is 1. The molecule has 2 aromatic heterocycles. The highest BCUT2D eigenvalue weighted by atomic mass is 16.2. The minimum Gasteiger partial charge on any atom is -0.354 e. The summed E-state index contributed by atoms with van der Waals surface area (Å²) in [5.41, 5.74) is -0.168. The molecule has 0 aromatic carbocycles. The van der Waals surface area contributed by atoms with Crippen molar-refractivity contribution in [2.75, 3.05) is 6.54 Å². The third kappa shape index (κ3) is 3.66. The van der Waals surface area contributed by atoms with E-state index in [0.717, 1.165) is 10.3 Å². The zero-order valence-corrected chi connectivity index (χ0v) is 10.0. The van der Waals surface area contributed by atoms with E-state index in [1.54, 1.807) is 12.5 Å². The SMILES string of the molecule is O=C(Cn1ccc(=O)[nH]c1=O)NCCc1cnc[nH]1. The number of hydrogen-bond donors (Lipinski definition) is 3. The van der Waals surface area contributed by atoms with Crippen molar-refractivity contribution in [3.63, 3.8) is 0 Å². The van der Waals surface area contributed by atoms with Crippen LogP contribution >= 0.6 is 0 Å². The second kappa shape index (κ2) is 5.80. The maximum absolute atomic E-state index is 11.6. The first-order valence-electron chi connectivity index (χ1n) is 5.69. The van der Waals surface area contributed by atoms with Gasteiger partial charge in [-0.25, -0.2) is 9.78 Å². The summed E-state index contributed by atoms with van der Waals surface area (Å²) in [5.74, 6) is -0.298. The summed E-state index contributed by atoms with van der Waals surface area (Å²) in [6.07, 6.45) is 5.16. The molecule has 8 heteroatoms. The zero-order chi connectivity index (χ0) is 13.7. The van der Waals surface area contributed by atoms with Gasteiger partial charge in [0.05, 0.1) is 6.33 Å². The minimum atomic E-state index is -0.601. The number of carbonyl (C=O) groups is 1. The lowest BCUT2D eigenvalue weighted by Crippen LogP contribution is -2.36. The van der Waals surface area contributed by atoms with Gasteiger partial charge in [-0.1, -0.05) is 0 Å². The summed E-state index contributed by atoms with van der Waals surface area (Å²) in [6, 6.07) is 1.19. The molecule has 0 bridgehead atoms. The lowest BCUT2D eigenvalue weighted by atomic mass is 10.3. The van der Waals surface area contributed by atoms with Crippen LogP contribution in [-0.2, 0) is 17.8 Å². The predicted octanol–water partition coefficient (Wildman–Crippen LogP) is -1.38. The first-order valence-corrected chi connectivity index (χ1v) is 5.69. The Morgan fingerprint density at radius 1 is 1.42 bits per heavy atom. The Balaban J connectivity index is 1.84. The van der Waals surface area contributed by atoms with Crippen molar-refractivity contribution in [2.45, 2.75) is 13.0 Å². The van der Waals surface area contributed by atoms with Crippen molar-refractivity contribution < 1.29 is 4.79 Å². The van der Waals surface area contributed by atoms with Crippen LogP contribution in [0.4, 0.5) is 0 Å². The number of nitrogens with one attached hydrogen (secondary N) is 3. The number of H-pyrrole nitrogens is 2. The van der Waals surface area contributed by atoms with Crippen LogP contribution in [0.2, 0.25) is 0 Å². The third-order valence-corrected chi connectivity index (χ3v) is 2.48. The molecule has 0 aliphatic carbocycles. The molecule has 0 saturated heterocycles. The number of hydrogen-bond acceptors (Lipinski definition) is 4. The smallest absolute Gasteiger partial charge is 0.328 e. The fraction of sp³-hybridized carbons (Fsp3) is 0.273. The summed E-state index contributed by atoms with van der Waals surface area (Å²) >= 11 is 0. The Bertz CT molecular complexity index is 655. The van der Waals surface area contributed by atoms with Gasteiger partial charge in [-0.05, 0) is 0 Å². The van der Waals surface area contributed by atoms with Crippen molar-refractivity contribution in [3.8, 4) is 0 Å². The number of nitrogens with zero attached hydrogens (tertiary/aromatic N) is 2. The fourth-order valence-corrected chi connectivity index (χ4v) is 1.54. The van der Waals surface area contributed by atoms with Gasteiger partial charge in [-0.3, -0.25) is 19.1 Å². The normalized spacial score (nSPS) is 10.3. The monoisotopic (exact) mass is 263 g/mol. The van der Waals surface area contributed by atoms with E-state index in [0.29, 0.717) is 13.0 Å². The van der Waals surface area contributed by atoms with E-state index in [-0.39, 0.29) is 12.5 Å². The van der Waals surface area contributed by atoms with Crippen LogP contribution in [0.1, 0.15) is 5.69 Å². The highest BCUT2D eigenvalue weighted by molar-refractivity contribution is 5.75. The molecule has 3 N–H and O–H groups in total. The number of imidazole rings is 1. The number of rotatable bonds is 5. The van der Waals surface area contributed by atoms with Gasteiger partial charge in [-0.2, -0.15) is 0 Å². The second-order valence-electron chi connectivity index (χ2n) is 3.91. The molecule has 0 saturated carbocycles. The fourth-order valence-electron chi connectivity index (χ4n) is 1.54. The van der Waals surface area contributed by atoms with Crippen molar-refractivity contribution >= 4 is 5.91 Å². The first-order chi connectivity index (χ1) is 9.15. The molecule has 2 heterocycles. The molecule has 0 radical (unpaired) electrons. The van der Waals surface area contributed by atoms with Crippen LogP contribution in [0, 0.1) is 0 Å². The quantitative estimate of drug-likeness (QED) is 0.617. The summed E-state index contributed by atoms with van der Waals surface area (Å²) in [6.45, 7) is 0.317. The molecule has 19 heavy (non-hydrogen) atoms. The number of amides is 1. The van der Waals surface area contributed by atoms with Crippen molar-refractivity contribution in [2.24, 2.45) is 0 Å². The average Bonchev–Trinajstić information content (AvgIpc) is 2.86. The van der Waals surface area contributed by atoms with Gasteiger partial charge in [0, 0.05) is 37.1 Å². The molecule has 0 unspecified atom stereocenters. The van der Waals surface area contributed by atoms with E-state index in [4.69, 9.17) is 0 Å². The van der Waals surface area contributed by atoms with Crippen LogP contribution in [-0.4, -0.2) is 32.0 Å². The van der Waals surface area contributed by atoms with Crippen LogP contribution in [0.5, 0.6) is 0 Å². The molecule has 2 aromatic rings. The van der Waals surface area contributed by atoms with Crippen molar-refractivity contribution in [1.29, 1.82) is 0 Å². The summed E-state index contributed by atoms with van der Waals surface area (Å²) in [4.78, 5) is 42.7. The lowest BCUT2D eigenvalue weighted by molar-refractivity contribution is -0.121. The van der Waals surface area contributed by atoms with Crippen molar-refractivity contribution in [3.05, 3.63) is 51.3 Å². The molecular formula is C11H13N5O3. The van der Waals surface area contributed by atoms with E-state index >= 15 is 0 Å². The molecule has 8 nitrogen and oxygen atoms in total. The van der Waals surface area contributed by atoms with Crippen molar-refractivity contribution in [1.82, 2.24) is 24.8 Å². The molecular weight excluding hydrogens is 250 g/mol. The summed E-state index contributed by atoms with van der Waals surface area (Å²) < 4.78 is 1.13. The highest BCUT2D eigenvalue weighted by Crippen LogP contribution is 1.90. The standard InChI is InChI=1S/C11H13N5O3/c17-9-2-4-16(11(19)15-9)6-10(18)13-3-1-8-5-12-7-14-8/h2,4-5,7H,1,3,6H2,(H,12,14)(H,13,18)(H,15,17,19). The molecule has 0 spiro atoms. The van der Waals surface area contributed by atoms with E-state index in [9.17, 15) is 14.4 Å². The van der Waals surface area contributed by atoms with Crippen LogP contribution in [0.3, 0.4) is 0 Å². The number of aromatic amines is 2. The molecule has 2 rings (SSSR count).